The normalized spacial score (nSPS) is 20.4. The van der Waals surface area contributed by atoms with Crippen molar-refractivity contribution < 1.29 is 22.8 Å². The van der Waals surface area contributed by atoms with E-state index in [1.807, 2.05) is 0 Å². The van der Waals surface area contributed by atoms with Crippen LogP contribution >= 0.6 is 23.2 Å². The Morgan fingerprint density at radius 2 is 1.62 bits per heavy atom. The van der Waals surface area contributed by atoms with Crippen molar-refractivity contribution in [2.24, 2.45) is 0 Å². The van der Waals surface area contributed by atoms with Gasteiger partial charge in [0.15, 0.2) is 5.75 Å². The summed E-state index contributed by atoms with van der Waals surface area (Å²) in [6.45, 7) is 4.06. The number of nitro benzene ring substituents is 1. The van der Waals surface area contributed by atoms with Gasteiger partial charge in [0.2, 0.25) is 10.0 Å². The molecule has 0 saturated carbocycles. The van der Waals surface area contributed by atoms with E-state index in [2.05, 4.69) is 0 Å². The molecule has 1 saturated heterocycles. The highest BCUT2D eigenvalue weighted by atomic mass is 35.5. The van der Waals surface area contributed by atoms with Crippen LogP contribution in [0.3, 0.4) is 0 Å². The van der Waals surface area contributed by atoms with Crippen LogP contribution < -0.4 is 4.74 Å². The van der Waals surface area contributed by atoms with Crippen molar-refractivity contribution >= 4 is 38.9 Å². The van der Waals surface area contributed by atoms with Crippen molar-refractivity contribution in [3.05, 3.63) is 56.6 Å². The molecule has 0 bridgehead atoms. The van der Waals surface area contributed by atoms with Gasteiger partial charge in [-0.1, -0.05) is 23.2 Å². The second kappa shape index (κ2) is 8.45. The minimum absolute atomic E-state index is 0.00350. The van der Waals surface area contributed by atoms with E-state index in [0.29, 0.717) is 0 Å². The molecule has 2 aromatic carbocycles. The number of nitrogens with zero attached hydrogens (tertiary/aromatic N) is 2. The quantitative estimate of drug-likeness (QED) is 0.481. The van der Waals surface area contributed by atoms with Gasteiger partial charge in [-0.15, -0.1) is 0 Å². The third kappa shape index (κ3) is 4.81. The zero-order valence-electron chi connectivity index (χ0n) is 15.5. The van der Waals surface area contributed by atoms with E-state index >= 15 is 0 Å². The van der Waals surface area contributed by atoms with E-state index in [-0.39, 0.29) is 57.4 Å². The molecule has 0 aromatic heterocycles. The standard InChI is InChI=1S/C18H18Cl2N2O6S/c1-11-9-21(10-12(2)27-11)29(25,26)15-7-16(19)18(17(20)8-15)28-14-5-3-13(4-6-14)22(23)24/h3-8,11-12H,9-10H2,1-2H3/t11-,12-/m1/s1. The molecule has 8 nitrogen and oxygen atoms in total. The molecule has 0 radical (unpaired) electrons. The van der Waals surface area contributed by atoms with Crippen LogP contribution in [-0.2, 0) is 14.8 Å². The maximum absolute atomic E-state index is 13.0. The Morgan fingerprint density at radius 1 is 1.10 bits per heavy atom. The summed E-state index contributed by atoms with van der Waals surface area (Å²) in [6, 6.07) is 7.88. The van der Waals surface area contributed by atoms with Crippen molar-refractivity contribution in [3.8, 4) is 11.5 Å². The topological polar surface area (TPSA) is 99.0 Å². The summed E-state index contributed by atoms with van der Waals surface area (Å²) in [4.78, 5) is 10.2. The van der Waals surface area contributed by atoms with E-state index < -0.39 is 14.9 Å². The van der Waals surface area contributed by atoms with Gasteiger partial charge < -0.3 is 9.47 Å². The van der Waals surface area contributed by atoms with E-state index in [9.17, 15) is 18.5 Å². The Morgan fingerprint density at radius 3 is 2.10 bits per heavy atom. The lowest BCUT2D eigenvalue weighted by atomic mass is 10.3. The monoisotopic (exact) mass is 460 g/mol. The molecule has 0 amide bonds. The maximum Gasteiger partial charge on any atom is 0.269 e. The smallest absolute Gasteiger partial charge is 0.269 e. The second-order valence-electron chi connectivity index (χ2n) is 6.65. The molecule has 1 fully saturated rings. The molecular formula is C18H18Cl2N2O6S. The highest BCUT2D eigenvalue weighted by molar-refractivity contribution is 7.89. The number of hydrogen-bond acceptors (Lipinski definition) is 6. The number of rotatable bonds is 5. The summed E-state index contributed by atoms with van der Waals surface area (Å²) >= 11 is 12.5. The largest absolute Gasteiger partial charge is 0.454 e. The molecule has 1 aliphatic rings. The number of sulfonamides is 1. The number of ether oxygens (including phenoxy) is 2. The van der Waals surface area contributed by atoms with E-state index in [0.717, 1.165) is 0 Å². The molecule has 0 N–H and O–H groups in total. The average molecular weight is 461 g/mol. The molecule has 29 heavy (non-hydrogen) atoms. The molecule has 11 heteroatoms. The molecule has 3 rings (SSSR count). The van der Waals surface area contributed by atoms with Crippen molar-refractivity contribution in [1.82, 2.24) is 4.31 Å². The fraction of sp³-hybridized carbons (Fsp3) is 0.333. The lowest BCUT2D eigenvalue weighted by Gasteiger charge is -2.34. The first-order valence-corrected chi connectivity index (χ1v) is 10.8. The fourth-order valence-electron chi connectivity index (χ4n) is 3.01. The van der Waals surface area contributed by atoms with Crippen molar-refractivity contribution in [3.63, 3.8) is 0 Å². The van der Waals surface area contributed by atoms with Gasteiger partial charge in [0, 0.05) is 25.2 Å². The van der Waals surface area contributed by atoms with Crippen LogP contribution in [0, 0.1) is 10.1 Å². The third-order valence-corrected chi connectivity index (χ3v) is 6.63. The van der Waals surface area contributed by atoms with Crippen LogP contribution in [0.25, 0.3) is 0 Å². The lowest BCUT2D eigenvalue weighted by Crippen LogP contribution is -2.48. The zero-order valence-corrected chi connectivity index (χ0v) is 17.9. The molecule has 2 aromatic rings. The van der Waals surface area contributed by atoms with Crippen molar-refractivity contribution in [1.29, 1.82) is 0 Å². The molecule has 0 unspecified atom stereocenters. The Bertz CT molecular complexity index is 996. The molecular weight excluding hydrogens is 443 g/mol. The first kappa shape index (κ1) is 21.8. The van der Waals surface area contributed by atoms with Gasteiger partial charge in [-0.25, -0.2) is 8.42 Å². The predicted molar refractivity (Wildman–Crippen MR) is 108 cm³/mol. The summed E-state index contributed by atoms with van der Waals surface area (Å²) in [6.07, 6.45) is -0.464. The van der Waals surface area contributed by atoms with Gasteiger partial charge in [0.1, 0.15) is 5.75 Å². The Labute approximate surface area is 178 Å². The summed E-state index contributed by atoms with van der Waals surface area (Å²) in [7, 11) is -3.82. The minimum atomic E-state index is -3.82. The summed E-state index contributed by atoms with van der Waals surface area (Å²) < 4.78 is 38.5. The first-order valence-electron chi connectivity index (χ1n) is 8.65. The fourth-order valence-corrected chi connectivity index (χ4v) is 5.35. The molecule has 1 heterocycles. The summed E-state index contributed by atoms with van der Waals surface area (Å²) in [5, 5.41) is 10.7. The number of non-ortho nitro benzene ring substituents is 1. The van der Waals surface area contributed by atoms with E-state index in [4.69, 9.17) is 32.7 Å². The highest BCUT2D eigenvalue weighted by Crippen LogP contribution is 2.39. The van der Waals surface area contributed by atoms with Crippen LogP contribution in [0.2, 0.25) is 10.0 Å². The Balaban J connectivity index is 1.88. The predicted octanol–water partition coefficient (Wildman–Crippen LogP) is 4.49. The number of benzene rings is 2. The van der Waals surface area contributed by atoms with Gasteiger partial charge in [-0.3, -0.25) is 10.1 Å². The van der Waals surface area contributed by atoms with Crippen LogP contribution in [0.1, 0.15) is 13.8 Å². The van der Waals surface area contributed by atoms with Crippen LogP contribution in [-0.4, -0.2) is 42.9 Å². The van der Waals surface area contributed by atoms with Gasteiger partial charge in [0.25, 0.3) is 5.69 Å². The highest BCUT2D eigenvalue weighted by Gasteiger charge is 2.33. The minimum Gasteiger partial charge on any atom is -0.454 e. The van der Waals surface area contributed by atoms with Gasteiger partial charge in [-0.2, -0.15) is 4.31 Å². The van der Waals surface area contributed by atoms with Gasteiger partial charge in [0.05, 0.1) is 32.1 Å². The van der Waals surface area contributed by atoms with Gasteiger partial charge >= 0.3 is 0 Å². The SMILES string of the molecule is C[C@@H]1CN(S(=O)(=O)c2cc(Cl)c(Oc3ccc([N+](=O)[O-])cc3)c(Cl)c2)C[C@@H](C)O1. The number of hydrogen-bond donors (Lipinski definition) is 0. The second-order valence-corrected chi connectivity index (χ2v) is 9.40. The number of morpholine rings is 1. The lowest BCUT2D eigenvalue weighted by molar-refractivity contribution is -0.384. The Kier molecular flexibility index (Phi) is 6.35. The van der Waals surface area contributed by atoms with Crippen LogP contribution in [0.15, 0.2) is 41.3 Å². The van der Waals surface area contributed by atoms with Crippen molar-refractivity contribution in [2.45, 2.75) is 31.0 Å². The summed E-state index contributed by atoms with van der Waals surface area (Å²) in [5.41, 5.74) is -0.0926. The van der Waals surface area contributed by atoms with E-state index in [1.165, 1.54) is 40.7 Å². The number of nitro groups is 1. The molecule has 2 atom stereocenters. The first-order chi connectivity index (χ1) is 13.6. The van der Waals surface area contributed by atoms with Crippen LogP contribution in [0.4, 0.5) is 5.69 Å². The van der Waals surface area contributed by atoms with Crippen LogP contribution in [0.5, 0.6) is 11.5 Å². The third-order valence-electron chi connectivity index (χ3n) is 4.26. The van der Waals surface area contributed by atoms with E-state index in [1.54, 1.807) is 13.8 Å². The van der Waals surface area contributed by atoms with Crippen molar-refractivity contribution in [2.75, 3.05) is 13.1 Å². The molecule has 156 valence electrons. The number of halogens is 2. The zero-order chi connectivity index (χ0) is 21.3. The Hall–Kier alpha value is -1.91. The molecule has 0 spiro atoms. The average Bonchev–Trinajstić information content (AvgIpc) is 2.64. The maximum atomic E-state index is 13.0. The van der Waals surface area contributed by atoms with Gasteiger partial charge in [-0.05, 0) is 38.1 Å². The summed E-state index contributed by atoms with van der Waals surface area (Å²) in [5.74, 6) is 0.329. The molecule has 1 aliphatic heterocycles. The molecule has 0 aliphatic carbocycles.